The third-order valence-corrected chi connectivity index (χ3v) is 9.12. The molecule has 5 rings (SSSR count). The first-order valence-corrected chi connectivity index (χ1v) is 13.7. The first-order valence-electron chi connectivity index (χ1n) is 12.3. The minimum Gasteiger partial charge on any atom is -0.328 e. The molecule has 1 fully saturated rings. The number of nitrogens with two attached hydrogens (primary N) is 1. The van der Waals surface area contributed by atoms with Gasteiger partial charge < -0.3 is 10.6 Å². The molecule has 186 valence electrons. The molecule has 1 unspecified atom stereocenters. The van der Waals surface area contributed by atoms with Crippen LogP contribution < -0.4 is 15.9 Å². The van der Waals surface area contributed by atoms with E-state index in [2.05, 4.69) is 46.5 Å². The zero-order chi connectivity index (χ0) is 25.4. The van der Waals surface area contributed by atoms with E-state index in [4.69, 9.17) is 5.73 Å². The Morgan fingerprint density at radius 3 is 2.36 bits per heavy atom. The number of amides is 1. The Balaban J connectivity index is 1.67. The van der Waals surface area contributed by atoms with Crippen molar-refractivity contribution in [1.29, 1.82) is 0 Å². The second kappa shape index (κ2) is 10.4. The molecule has 0 radical (unpaired) electrons. The monoisotopic (exact) mass is 522 g/mol. The molecule has 2 N–H and O–H groups in total. The zero-order valence-electron chi connectivity index (χ0n) is 20.1. The van der Waals surface area contributed by atoms with Crippen LogP contribution in [-0.2, 0) is 6.42 Å². The van der Waals surface area contributed by atoms with Crippen molar-refractivity contribution in [3.8, 4) is 11.1 Å². The Morgan fingerprint density at radius 2 is 1.69 bits per heavy atom. The third kappa shape index (κ3) is 4.58. The maximum absolute atomic E-state index is 14.7. The highest BCUT2D eigenvalue weighted by molar-refractivity contribution is 7.34. The Hall–Kier alpha value is -2.66. The summed E-state index contributed by atoms with van der Waals surface area (Å²) < 4.78 is 29.4. The van der Waals surface area contributed by atoms with Crippen LogP contribution >= 0.6 is 20.6 Å². The summed E-state index contributed by atoms with van der Waals surface area (Å²) in [5.74, 6) is -1.27. The third-order valence-electron chi connectivity index (χ3n) is 7.13. The summed E-state index contributed by atoms with van der Waals surface area (Å²) in [6.07, 6.45) is 3.98. The number of rotatable bonds is 5. The molecule has 7 heteroatoms. The van der Waals surface area contributed by atoms with Crippen LogP contribution in [0.5, 0.6) is 0 Å². The van der Waals surface area contributed by atoms with Gasteiger partial charge in [0, 0.05) is 28.5 Å². The van der Waals surface area contributed by atoms with Crippen LogP contribution in [0.4, 0.5) is 14.5 Å². The maximum Gasteiger partial charge on any atom is 0.269 e. The summed E-state index contributed by atoms with van der Waals surface area (Å²) in [5.41, 5.74) is 10.2. The van der Waals surface area contributed by atoms with E-state index in [1.165, 1.54) is 0 Å². The highest BCUT2D eigenvalue weighted by Gasteiger charge is 2.33. The second-order valence-corrected chi connectivity index (χ2v) is 11.0. The van der Waals surface area contributed by atoms with Gasteiger partial charge in [0.1, 0.15) is 16.5 Å². The fourth-order valence-electron chi connectivity index (χ4n) is 5.15. The lowest BCUT2D eigenvalue weighted by atomic mass is 9.89. The smallest absolute Gasteiger partial charge is 0.269 e. The van der Waals surface area contributed by atoms with Gasteiger partial charge >= 0.3 is 0 Å². The van der Waals surface area contributed by atoms with Crippen molar-refractivity contribution in [1.82, 2.24) is 0 Å². The second-order valence-electron chi connectivity index (χ2n) is 9.39. The molecule has 4 aromatic rings. The molecule has 1 amide bonds. The van der Waals surface area contributed by atoms with E-state index in [-0.39, 0.29) is 28.1 Å². The normalized spacial score (nSPS) is 17.9. The highest BCUT2D eigenvalue weighted by Crippen LogP contribution is 2.37. The van der Waals surface area contributed by atoms with Crippen molar-refractivity contribution in [2.45, 2.75) is 51.1 Å². The number of hydrogen-bond donors (Lipinski definition) is 1. The summed E-state index contributed by atoms with van der Waals surface area (Å²) in [5, 5.41) is 0.569. The molecule has 1 aliphatic rings. The molecule has 1 aromatic heterocycles. The number of fused-ring (bicyclic) bond motifs is 1. The SMILES string of the molecule is CCc1ccc(-c2ccccc2)cc1N(C(=O)c1sc2c(F)ccc(F)c2c1P)C1CCC(N)CC1. The predicted molar refractivity (Wildman–Crippen MR) is 149 cm³/mol. The average molecular weight is 523 g/mol. The molecule has 0 aliphatic heterocycles. The molecule has 0 bridgehead atoms. The van der Waals surface area contributed by atoms with Gasteiger partial charge in [0.05, 0.1) is 4.70 Å². The molecule has 1 atom stereocenters. The lowest BCUT2D eigenvalue weighted by Gasteiger charge is -2.37. The fourth-order valence-corrected chi connectivity index (χ4v) is 6.92. The van der Waals surface area contributed by atoms with Gasteiger partial charge in [-0.15, -0.1) is 20.6 Å². The largest absolute Gasteiger partial charge is 0.328 e. The van der Waals surface area contributed by atoms with E-state index in [0.29, 0.717) is 10.2 Å². The topological polar surface area (TPSA) is 46.3 Å². The Morgan fingerprint density at radius 1 is 1.00 bits per heavy atom. The van der Waals surface area contributed by atoms with Crippen molar-refractivity contribution in [3.63, 3.8) is 0 Å². The maximum atomic E-state index is 14.7. The van der Waals surface area contributed by atoms with Crippen LogP contribution in [0, 0.1) is 11.6 Å². The number of anilines is 1. The number of carbonyl (C=O) groups is 1. The first kappa shape index (κ1) is 25.0. The molecule has 3 nitrogen and oxygen atoms in total. The van der Waals surface area contributed by atoms with Gasteiger partial charge in [-0.1, -0.05) is 49.4 Å². The van der Waals surface area contributed by atoms with E-state index >= 15 is 0 Å². The first-order chi connectivity index (χ1) is 17.4. The van der Waals surface area contributed by atoms with Crippen molar-refractivity contribution in [2.75, 3.05) is 4.90 Å². The minimum absolute atomic E-state index is 0.0436. The lowest BCUT2D eigenvalue weighted by molar-refractivity contribution is 0.0974. The van der Waals surface area contributed by atoms with Crippen LogP contribution in [-0.4, -0.2) is 18.0 Å². The fraction of sp³-hybridized carbons (Fsp3) is 0.276. The van der Waals surface area contributed by atoms with Gasteiger partial charge in [0.25, 0.3) is 5.91 Å². The summed E-state index contributed by atoms with van der Waals surface area (Å²) in [4.78, 5) is 16.5. The summed E-state index contributed by atoms with van der Waals surface area (Å²) in [6.45, 7) is 2.08. The van der Waals surface area contributed by atoms with Crippen LogP contribution in [0.25, 0.3) is 21.2 Å². The van der Waals surface area contributed by atoms with E-state index < -0.39 is 11.6 Å². The van der Waals surface area contributed by atoms with E-state index in [0.717, 1.165) is 78.0 Å². The quantitative estimate of drug-likeness (QED) is 0.292. The van der Waals surface area contributed by atoms with Gasteiger partial charge in [0.2, 0.25) is 0 Å². The molecule has 3 aromatic carbocycles. The Labute approximate surface area is 216 Å². The minimum atomic E-state index is -0.526. The standard InChI is InChI=1S/C29H29F2N2OPS/c1-2-17-8-9-19(18-6-4-3-5-7-18)16-24(17)33(21-12-10-20(32)11-13-21)29(34)28-26(35)25-22(30)14-15-23(31)27(25)36-28/h3-9,14-16,20-21H,2,10-13,32,35H2,1H3. The van der Waals surface area contributed by atoms with Crippen LogP contribution in [0.1, 0.15) is 47.8 Å². The molecular formula is C29H29F2N2OPS. The number of benzene rings is 3. The molecular weight excluding hydrogens is 493 g/mol. The molecule has 1 aliphatic carbocycles. The number of aryl methyl sites for hydroxylation is 1. The van der Waals surface area contributed by atoms with Gasteiger partial charge in [-0.2, -0.15) is 0 Å². The van der Waals surface area contributed by atoms with Crippen LogP contribution in [0.15, 0.2) is 60.7 Å². The average Bonchev–Trinajstić information content (AvgIpc) is 3.26. The van der Waals surface area contributed by atoms with Crippen molar-refractivity contribution >= 4 is 47.6 Å². The van der Waals surface area contributed by atoms with E-state index in [1.54, 1.807) is 0 Å². The molecule has 1 saturated carbocycles. The summed E-state index contributed by atoms with van der Waals surface area (Å²) in [6, 6.07) is 18.6. The molecule has 0 saturated heterocycles. The van der Waals surface area contributed by atoms with Crippen molar-refractivity contribution < 1.29 is 13.6 Å². The number of hydrogen-bond acceptors (Lipinski definition) is 3. The van der Waals surface area contributed by atoms with Crippen molar-refractivity contribution in [2.24, 2.45) is 5.73 Å². The molecule has 36 heavy (non-hydrogen) atoms. The molecule has 0 spiro atoms. The van der Waals surface area contributed by atoms with E-state index in [1.807, 2.05) is 23.1 Å². The van der Waals surface area contributed by atoms with Gasteiger partial charge in [-0.25, -0.2) is 8.78 Å². The number of halogens is 2. The van der Waals surface area contributed by atoms with E-state index in [9.17, 15) is 13.6 Å². The van der Waals surface area contributed by atoms with Crippen LogP contribution in [0.3, 0.4) is 0 Å². The summed E-state index contributed by atoms with van der Waals surface area (Å²) >= 11 is 1.02. The van der Waals surface area contributed by atoms with Gasteiger partial charge in [0.15, 0.2) is 0 Å². The number of thiophene rings is 1. The highest BCUT2D eigenvalue weighted by atomic mass is 32.1. The lowest BCUT2D eigenvalue weighted by Crippen LogP contribution is -2.45. The predicted octanol–water partition coefficient (Wildman–Crippen LogP) is 6.83. The van der Waals surface area contributed by atoms with Crippen LogP contribution in [0.2, 0.25) is 0 Å². The number of carbonyl (C=O) groups excluding carboxylic acids is 1. The van der Waals surface area contributed by atoms with Gasteiger partial charge in [-0.05, 0) is 67.0 Å². The Bertz CT molecular complexity index is 1410. The number of nitrogens with zero attached hydrogens (tertiary/aromatic N) is 1. The summed E-state index contributed by atoms with van der Waals surface area (Å²) in [7, 11) is 2.48. The molecule has 1 heterocycles. The zero-order valence-corrected chi connectivity index (χ0v) is 22.1. The van der Waals surface area contributed by atoms with Crippen molar-refractivity contribution in [3.05, 3.63) is 82.7 Å². The Kier molecular flexibility index (Phi) is 7.21. The van der Waals surface area contributed by atoms with Gasteiger partial charge in [-0.3, -0.25) is 4.79 Å².